The van der Waals surface area contributed by atoms with Gasteiger partial charge in [0.2, 0.25) is 0 Å². The Morgan fingerprint density at radius 1 is 1.03 bits per heavy atom. The van der Waals surface area contributed by atoms with E-state index in [9.17, 15) is 13.6 Å². The van der Waals surface area contributed by atoms with E-state index in [1.807, 2.05) is 30.3 Å². The topological polar surface area (TPSA) is 51.2 Å². The van der Waals surface area contributed by atoms with Crippen molar-refractivity contribution in [3.05, 3.63) is 54.1 Å². The highest BCUT2D eigenvalue weighted by molar-refractivity contribution is 5.95. The third-order valence-electron chi connectivity index (χ3n) is 4.71. The zero-order valence-corrected chi connectivity index (χ0v) is 16.2. The molecule has 1 aliphatic rings. The molecule has 156 valence electrons. The number of methoxy groups -OCH3 is 1. The molecule has 0 saturated carbocycles. The van der Waals surface area contributed by atoms with E-state index in [0.29, 0.717) is 25.3 Å². The second-order valence-electron chi connectivity index (χ2n) is 6.54. The number of hydrogen-bond acceptors (Lipinski definition) is 5. The fourth-order valence-corrected chi connectivity index (χ4v) is 3.16. The number of para-hydroxylation sites is 1. The lowest BCUT2D eigenvalue weighted by atomic mass is 10.1. The van der Waals surface area contributed by atoms with Gasteiger partial charge in [0, 0.05) is 38.3 Å². The molecule has 1 heterocycles. The Balaban J connectivity index is 1.49. The molecule has 0 aromatic heterocycles. The Kier molecular flexibility index (Phi) is 7.24. The van der Waals surface area contributed by atoms with Crippen LogP contribution in [-0.4, -0.2) is 68.8 Å². The second-order valence-corrected chi connectivity index (χ2v) is 6.54. The number of benzene rings is 2. The van der Waals surface area contributed by atoms with Crippen molar-refractivity contribution in [2.45, 2.75) is 6.61 Å². The molecular weight excluding hydrogens is 382 g/mol. The molecule has 6 nitrogen and oxygen atoms in total. The Hall–Kier alpha value is -2.87. The molecule has 2 aromatic rings. The van der Waals surface area contributed by atoms with Crippen LogP contribution < -0.4 is 14.2 Å². The van der Waals surface area contributed by atoms with Gasteiger partial charge in [-0.3, -0.25) is 9.69 Å². The van der Waals surface area contributed by atoms with Crippen molar-refractivity contribution in [1.29, 1.82) is 0 Å². The first-order valence-electron chi connectivity index (χ1n) is 9.39. The van der Waals surface area contributed by atoms with Gasteiger partial charge in [0.15, 0.2) is 11.5 Å². The van der Waals surface area contributed by atoms with E-state index in [1.54, 1.807) is 4.90 Å². The number of hydrogen-bond donors (Lipinski definition) is 0. The summed E-state index contributed by atoms with van der Waals surface area (Å²) in [6.07, 6.45) is 0. The quantitative estimate of drug-likeness (QED) is 0.674. The summed E-state index contributed by atoms with van der Waals surface area (Å²) in [5.41, 5.74) is 0.379. The molecule has 0 aliphatic carbocycles. The van der Waals surface area contributed by atoms with Gasteiger partial charge < -0.3 is 19.1 Å². The standard InChI is InChI=1S/C21H24F2N2O4/c1-27-19-15-16(7-8-18(19)29-21(22)23)20(26)25-11-9-24(10-12-25)13-14-28-17-5-3-2-4-6-17/h2-8,15,21H,9-14H2,1H3. The van der Waals surface area contributed by atoms with E-state index in [1.165, 1.54) is 25.3 Å². The normalized spacial score (nSPS) is 14.7. The lowest BCUT2D eigenvalue weighted by Gasteiger charge is -2.34. The van der Waals surface area contributed by atoms with Gasteiger partial charge in [0.05, 0.1) is 7.11 Å². The molecule has 0 N–H and O–H groups in total. The number of halogens is 2. The first-order valence-corrected chi connectivity index (χ1v) is 9.39. The van der Waals surface area contributed by atoms with Crippen molar-refractivity contribution < 1.29 is 27.8 Å². The van der Waals surface area contributed by atoms with Gasteiger partial charge in [-0.05, 0) is 30.3 Å². The summed E-state index contributed by atoms with van der Waals surface area (Å²) >= 11 is 0. The van der Waals surface area contributed by atoms with Gasteiger partial charge in [-0.25, -0.2) is 0 Å². The minimum atomic E-state index is -2.95. The lowest BCUT2D eigenvalue weighted by Crippen LogP contribution is -2.49. The zero-order valence-electron chi connectivity index (χ0n) is 16.2. The maximum Gasteiger partial charge on any atom is 0.387 e. The van der Waals surface area contributed by atoms with Gasteiger partial charge in [-0.15, -0.1) is 0 Å². The average molecular weight is 406 g/mol. The highest BCUT2D eigenvalue weighted by Gasteiger charge is 2.23. The Bertz CT molecular complexity index is 797. The highest BCUT2D eigenvalue weighted by Crippen LogP contribution is 2.30. The van der Waals surface area contributed by atoms with E-state index in [2.05, 4.69) is 9.64 Å². The Morgan fingerprint density at radius 2 is 1.76 bits per heavy atom. The molecule has 0 radical (unpaired) electrons. The van der Waals surface area contributed by atoms with E-state index in [-0.39, 0.29) is 17.4 Å². The molecular formula is C21H24F2N2O4. The number of carbonyl (C=O) groups is 1. The molecule has 1 saturated heterocycles. The minimum absolute atomic E-state index is 0.0951. The summed E-state index contributed by atoms with van der Waals surface area (Å²) in [5.74, 6) is 0.691. The fourth-order valence-electron chi connectivity index (χ4n) is 3.16. The molecule has 2 aromatic carbocycles. The molecule has 1 amide bonds. The zero-order chi connectivity index (χ0) is 20.6. The van der Waals surface area contributed by atoms with Crippen LogP contribution >= 0.6 is 0 Å². The first kappa shape index (κ1) is 20.9. The summed E-state index contributed by atoms with van der Waals surface area (Å²) < 4.78 is 40.1. The van der Waals surface area contributed by atoms with Crippen LogP contribution in [0.2, 0.25) is 0 Å². The van der Waals surface area contributed by atoms with Crippen molar-refractivity contribution >= 4 is 5.91 Å². The highest BCUT2D eigenvalue weighted by atomic mass is 19.3. The van der Waals surface area contributed by atoms with Crippen molar-refractivity contribution in [1.82, 2.24) is 9.80 Å². The van der Waals surface area contributed by atoms with E-state index >= 15 is 0 Å². The molecule has 0 atom stereocenters. The van der Waals surface area contributed by atoms with Gasteiger partial charge in [0.1, 0.15) is 12.4 Å². The summed E-state index contributed by atoms with van der Waals surface area (Å²) in [5, 5.41) is 0. The average Bonchev–Trinajstić information content (AvgIpc) is 2.74. The maximum atomic E-state index is 12.7. The van der Waals surface area contributed by atoms with Crippen LogP contribution in [0.15, 0.2) is 48.5 Å². The minimum Gasteiger partial charge on any atom is -0.493 e. The fraction of sp³-hybridized carbons (Fsp3) is 0.381. The third-order valence-corrected chi connectivity index (χ3v) is 4.71. The molecule has 8 heteroatoms. The maximum absolute atomic E-state index is 12.7. The monoisotopic (exact) mass is 406 g/mol. The van der Waals surface area contributed by atoms with Crippen LogP contribution in [0.25, 0.3) is 0 Å². The van der Waals surface area contributed by atoms with Crippen molar-refractivity contribution in [3.8, 4) is 17.2 Å². The second kappa shape index (κ2) is 10.1. The first-order chi connectivity index (χ1) is 14.1. The number of ether oxygens (including phenoxy) is 3. The third kappa shape index (κ3) is 5.80. The number of alkyl halides is 2. The lowest BCUT2D eigenvalue weighted by molar-refractivity contribution is -0.0512. The van der Waals surface area contributed by atoms with Crippen LogP contribution in [0.5, 0.6) is 17.2 Å². The van der Waals surface area contributed by atoms with Gasteiger partial charge in [0.25, 0.3) is 5.91 Å². The summed E-state index contributed by atoms with van der Waals surface area (Å²) in [6, 6.07) is 13.9. The van der Waals surface area contributed by atoms with E-state index < -0.39 is 6.61 Å². The van der Waals surface area contributed by atoms with Crippen LogP contribution in [0.3, 0.4) is 0 Å². The van der Waals surface area contributed by atoms with Crippen molar-refractivity contribution in [2.75, 3.05) is 46.4 Å². The molecule has 3 rings (SSSR count). The molecule has 0 spiro atoms. The predicted molar refractivity (Wildman–Crippen MR) is 104 cm³/mol. The summed E-state index contributed by atoms with van der Waals surface area (Å²) in [7, 11) is 1.35. The van der Waals surface area contributed by atoms with Crippen molar-refractivity contribution in [2.24, 2.45) is 0 Å². The van der Waals surface area contributed by atoms with Crippen LogP contribution in [-0.2, 0) is 0 Å². The number of rotatable bonds is 8. The summed E-state index contributed by atoms with van der Waals surface area (Å²) in [4.78, 5) is 16.7. The largest absolute Gasteiger partial charge is 0.493 e. The van der Waals surface area contributed by atoms with Crippen LogP contribution in [0.4, 0.5) is 8.78 Å². The molecule has 0 unspecified atom stereocenters. The van der Waals surface area contributed by atoms with Crippen LogP contribution in [0.1, 0.15) is 10.4 Å². The Labute approximate surface area is 168 Å². The smallest absolute Gasteiger partial charge is 0.387 e. The molecule has 29 heavy (non-hydrogen) atoms. The molecule has 1 aliphatic heterocycles. The van der Waals surface area contributed by atoms with Gasteiger partial charge in [-0.1, -0.05) is 18.2 Å². The van der Waals surface area contributed by atoms with E-state index in [4.69, 9.17) is 9.47 Å². The van der Waals surface area contributed by atoms with Crippen LogP contribution in [0, 0.1) is 0 Å². The number of carbonyl (C=O) groups excluding carboxylic acids is 1. The number of nitrogens with zero attached hydrogens (tertiary/aromatic N) is 2. The van der Waals surface area contributed by atoms with Gasteiger partial charge >= 0.3 is 6.61 Å². The Morgan fingerprint density at radius 3 is 2.41 bits per heavy atom. The van der Waals surface area contributed by atoms with Crippen molar-refractivity contribution in [3.63, 3.8) is 0 Å². The number of piperazine rings is 1. The number of amides is 1. The molecule has 0 bridgehead atoms. The predicted octanol–water partition coefficient (Wildman–Crippen LogP) is 3.13. The summed E-state index contributed by atoms with van der Waals surface area (Å²) in [6.45, 7) is 1.07. The molecule has 1 fully saturated rings. The van der Waals surface area contributed by atoms with Gasteiger partial charge in [-0.2, -0.15) is 8.78 Å². The van der Waals surface area contributed by atoms with E-state index in [0.717, 1.165) is 25.4 Å². The SMILES string of the molecule is COc1cc(C(=O)N2CCN(CCOc3ccccc3)CC2)ccc1OC(F)F.